The lowest BCUT2D eigenvalue weighted by atomic mass is 9.98. The summed E-state index contributed by atoms with van der Waals surface area (Å²) in [5.74, 6) is 0. The van der Waals surface area contributed by atoms with Gasteiger partial charge in [0.05, 0.1) is 0 Å². The van der Waals surface area contributed by atoms with Gasteiger partial charge in [-0.2, -0.15) is 0 Å². The summed E-state index contributed by atoms with van der Waals surface area (Å²) < 4.78 is 5.30. The highest BCUT2D eigenvalue weighted by molar-refractivity contribution is 5.67. The van der Waals surface area contributed by atoms with Crippen molar-refractivity contribution in [2.24, 2.45) is 0 Å². The van der Waals surface area contributed by atoms with Gasteiger partial charge in [-0.15, -0.1) is 0 Å². The number of alkyl carbamates (subject to hydrolysis) is 1. The van der Waals surface area contributed by atoms with Crippen LogP contribution in [0.2, 0.25) is 0 Å². The van der Waals surface area contributed by atoms with Crippen molar-refractivity contribution >= 4 is 6.09 Å². The van der Waals surface area contributed by atoms with Gasteiger partial charge >= 0.3 is 6.09 Å². The van der Waals surface area contributed by atoms with Crippen molar-refractivity contribution in [3.8, 4) is 0 Å². The molecule has 1 saturated heterocycles. The lowest BCUT2D eigenvalue weighted by molar-refractivity contribution is 0.0517. The molecule has 1 amide bonds. The first kappa shape index (κ1) is 18.8. The zero-order valence-corrected chi connectivity index (χ0v) is 15.6. The van der Waals surface area contributed by atoms with Gasteiger partial charge in [0.25, 0.3) is 0 Å². The molecule has 0 radical (unpaired) electrons. The lowest BCUT2D eigenvalue weighted by Crippen LogP contribution is -2.41. The molecule has 1 fully saturated rings. The van der Waals surface area contributed by atoms with Crippen LogP contribution in [0.25, 0.3) is 0 Å². The highest BCUT2D eigenvalue weighted by Gasteiger charge is 2.23. The van der Waals surface area contributed by atoms with E-state index in [2.05, 4.69) is 41.4 Å². The Morgan fingerprint density at radius 3 is 2.83 bits per heavy atom. The molecule has 24 heavy (non-hydrogen) atoms. The molecule has 0 aliphatic carbocycles. The molecule has 4 nitrogen and oxygen atoms in total. The van der Waals surface area contributed by atoms with E-state index in [1.807, 2.05) is 20.8 Å². The van der Waals surface area contributed by atoms with Crippen LogP contribution in [0, 0.1) is 6.92 Å². The number of benzene rings is 1. The number of aryl methyl sites for hydroxylation is 1. The molecular weight excluding hydrogens is 300 g/mol. The second kappa shape index (κ2) is 8.52. The van der Waals surface area contributed by atoms with Crippen LogP contribution in [0.5, 0.6) is 0 Å². The zero-order chi connectivity index (χ0) is 17.6. The number of carbonyl (C=O) groups excluding carboxylic acids is 1. The molecular formula is C20H32N2O2. The topological polar surface area (TPSA) is 41.6 Å². The van der Waals surface area contributed by atoms with Crippen LogP contribution >= 0.6 is 0 Å². The fourth-order valence-corrected chi connectivity index (χ4v) is 3.30. The first-order valence-corrected chi connectivity index (χ1v) is 9.10. The molecule has 2 rings (SSSR count). The van der Waals surface area contributed by atoms with E-state index < -0.39 is 5.60 Å². The second-order valence-electron chi connectivity index (χ2n) is 7.83. The normalized spacial score (nSPS) is 19.1. The van der Waals surface area contributed by atoms with Gasteiger partial charge in [0.15, 0.2) is 0 Å². The lowest BCUT2D eigenvalue weighted by Gasteiger charge is -2.36. The average Bonchev–Trinajstić information content (AvgIpc) is 2.47. The summed E-state index contributed by atoms with van der Waals surface area (Å²) in [6.45, 7) is 10.6. The maximum absolute atomic E-state index is 11.8. The average molecular weight is 332 g/mol. The van der Waals surface area contributed by atoms with Gasteiger partial charge in [0.1, 0.15) is 5.60 Å². The largest absolute Gasteiger partial charge is 0.444 e. The fraction of sp³-hybridized carbons (Fsp3) is 0.650. The molecule has 1 aromatic rings. The van der Waals surface area contributed by atoms with Gasteiger partial charge in [-0.1, -0.05) is 36.2 Å². The summed E-state index contributed by atoms with van der Waals surface area (Å²) in [6, 6.07) is 9.28. The monoisotopic (exact) mass is 332 g/mol. The standard InChI is InChI=1S/C20H32N2O2/c1-16-8-7-9-17(14-16)15-22-13-6-5-10-18(22)11-12-21-19(23)24-20(2,3)4/h7-9,14,18H,5-6,10-13,15H2,1-4H3,(H,21,23). The molecule has 1 atom stereocenters. The number of hydrogen-bond acceptors (Lipinski definition) is 3. The third-order valence-electron chi connectivity index (χ3n) is 4.36. The highest BCUT2D eigenvalue weighted by atomic mass is 16.6. The van der Waals surface area contributed by atoms with Crippen LogP contribution in [0.3, 0.4) is 0 Å². The molecule has 4 heteroatoms. The van der Waals surface area contributed by atoms with Crippen molar-refractivity contribution in [3.05, 3.63) is 35.4 Å². The highest BCUT2D eigenvalue weighted by Crippen LogP contribution is 2.22. The summed E-state index contributed by atoms with van der Waals surface area (Å²) >= 11 is 0. The van der Waals surface area contributed by atoms with E-state index in [9.17, 15) is 4.79 Å². The van der Waals surface area contributed by atoms with E-state index in [1.54, 1.807) is 0 Å². The second-order valence-corrected chi connectivity index (χ2v) is 7.83. The molecule has 1 aromatic carbocycles. The Labute approximate surface area is 146 Å². The predicted octanol–water partition coefficient (Wildman–Crippen LogP) is 4.26. The fourth-order valence-electron chi connectivity index (χ4n) is 3.30. The number of likely N-dealkylation sites (tertiary alicyclic amines) is 1. The number of carbonyl (C=O) groups is 1. The van der Waals surface area contributed by atoms with Gasteiger partial charge in [-0.25, -0.2) is 4.79 Å². The smallest absolute Gasteiger partial charge is 0.407 e. The summed E-state index contributed by atoms with van der Waals surface area (Å²) in [7, 11) is 0. The molecule has 0 saturated carbocycles. The molecule has 1 unspecified atom stereocenters. The van der Waals surface area contributed by atoms with E-state index in [0.29, 0.717) is 12.6 Å². The van der Waals surface area contributed by atoms with Crippen LogP contribution in [0.4, 0.5) is 4.79 Å². The van der Waals surface area contributed by atoms with Crippen molar-refractivity contribution in [1.29, 1.82) is 0 Å². The Kier molecular flexibility index (Phi) is 6.67. The Balaban J connectivity index is 1.82. The minimum absolute atomic E-state index is 0.316. The summed E-state index contributed by atoms with van der Waals surface area (Å²) in [4.78, 5) is 14.3. The number of ether oxygens (including phenoxy) is 1. The van der Waals surface area contributed by atoms with Crippen LogP contribution in [0.15, 0.2) is 24.3 Å². The zero-order valence-electron chi connectivity index (χ0n) is 15.6. The van der Waals surface area contributed by atoms with E-state index in [-0.39, 0.29) is 6.09 Å². The van der Waals surface area contributed by atoms with E-state index in [4.69, 9.17) is 4.74 Å². The van der Waals surface area contributed by atoms with Crippen molar-refractivity contribution in [3.63, 3.8) is 0 Å². The predicted molar refractivity (Wildman–Crippen MR) is 98.1 cm³/mol. The minimum Gasteiger partial charge on any atom is -0.444 e. The van der Waals surface area contributed by atoms with Crippen LogP contribution < -0.4 is 5.32 Å². The molecule has 0 bridgehead atoms. The Morgan fingerprint density at radius 2 is 2.12 bits per heavy atom. The number of rotatable bonds is 5. The third kappa shape index (κ3) is 6.52. The minimum atomic E-state index is -0.438. The quantitative estimate of drug-likeness (QED) is 0.876. The SMILES string of the molecule is Cc1cccc(CN2CCCCC2CCNC(=O)OC(C)(C)C)c1. The number of hydrogen-bond donors (Lipinski definition) is 1. The Bertz CT molecular complexity index is 537. The summed E-state index contributed by atoms with van der Waals surface area (Å²) in [5, 5.41) is 2.89. The van der Waals surface area contributed by atoms with Gasteiger partial charge in [-0.05, 0) is 59.1 Å². The molecule has 1 N–H and O–H groups in total. The first-order chi connectivity index (χ1) is 11.3. The van der Waals surface area contributed by atoms with Gasteiger partial charge in [-0.3, -0.25) is 4.90 Å². The molecule has 134 valence electrons. The molecule has 0 spiro atoms. The number of amides is 1. The Morgan fingerprint density at radius 1 is 1.33 bits per heavy atom. The molecule has 1 aliphatic rings. The molecule has 0 aromatic heterocycles. The summed E-state index contributed by atoms with van der Waals surface area (Å²) in [6.07, 6.45) is 4.42. The van der Waals surface area contributed by atoms with Crippen LogP contribution in [0.1, 0.15) is 57.6 Å². The van der Waals surface area contributed by atoms with Crippen molar-refractivity contribution in [2.75, 3.05) is 13.1 Å². The van der Waals surface area contributed by atoms with E-state index >= 15 is 0 Å². The van der Waals surface area contributed by atoms with Gasteiger partial charge in [0.2, 0.25) is 0 Å². The number of piperidine rings is 1. The number of nitrogens with zero attached hydrogens (tertiary/aromatic N) is 1. The van der Waals surface area contributed by atoms with Gasteiger partial charge < -0.3 is 10.1 Å². The van der Waals surface area contributed by atoms with Crippen molar-refractivity contribution in [1.82, 2.24) is 10.2 Å². The van der Waals surface area contributed by atoms with E-state index in [0.717, 1.165) is 19.5 Å². The number of nitrogens with one attached hydrogen (secondary N) is 1. The maximum Gasteiger partial charge on any atom is 0.407 e. The summed E-state index contributed by atoms with van der Waals surface area (Å²) in [5.41, 5.74) is 2.25. The van der Waals surface area contributed by atoms with Crippen LogP contribution in [-0.4, -0.2) is 35.7 Å². The van der Waals surface area contributed by atoms with E-state index in [1.165, 1.54) is 30.4 Å². The maximum atomic E-state index is 11.8. The first-order valence-electron chi connectivity index (χ1n) is 9.10. The molecule has 1 aliphatic heterocycles. The third-order valence-corrected chi connectivity index (χ3v) is 4.36. The van der Waals surface area contributed by atoms with Crippen LogP contribution in [-0.2, 0) is 11.3 Å². The molecule has 1 heterocycles. The van der Waals surface area contributed by atoms with Crippen molar-refractivity contribution < 1.29 is 9.53 Å². The van der Waals surface area contributed by atoms with Crippen molar-refractivity contribution in [2.45, 2.75) is 71.6 Å². The Hall–Kier alpha value is -1.55. The van der Waals surface area contributed by atoms with Gasteiger partial charge in [0, 0.05) is 19.1 Å².